The summed E-state index contributed by atoms with van der Waals surface area (Å²) in [6, 6.07) is 7.72. The van der Waals surface area contributed by atoms with Crippen molar-refractivity contribution in [3.05, 3.63) is 29.8 Å². The highest BCUT2D eigenvalue weighted by Crippen LogP contribution is 2.13. The highest BCUT2D eigenvalue weighted by atomic mass is 16.2. The molecule has 1 atom stereocenters. The van der Waals surface area contributed by atoms with Gasteiger partial charge in [-0.3, -0.25) is 4.79 Å². The van der Waals surface area contributed by atoms with Crippen LogP contribution in [0.4, 0.5) is 5.69 Å². The van der Waals surface area contributed by atoms with E-state index in [0.717, 1.165) is 24.1 Å². The average Bonchev–Trinajstić information content (AvgIpc) is 2.36. The third-order valence-corrected chi connectivity index (χ3v) is 2.77. The maximum absolute atomic E-state index is 11.7. The molecule has 0 heterocycles. The molecule has 1 aromatic rings. The van der Waals surface area contributed by atoms with E-state index in [-0.39, 0.29) is 18.4 Å². The number of carbonyl (C=O) groups is 1. The Labute approximate surface area is 108 Å². The molecular weight excluding hydrogens is 228 g/mol. The lowest BCUT2D eigenvalue weighted by Crippen LogP contribution is -2.20. The van der Waals surface area contributed by atoms with Crippen molar-refractivity contribution in [2.45, 2.75) is 26.2 Å². The highest BCUT2D eigenvalue weighted by Gasteiger charge is 2.07. The summed E-state index contributed by atoms with van der Waals surface area (Å²) >= 11 is 0. The Kier molecular flexibility index (Phi) is 6.39. The second kappa shape index (κ2) is 7.84. The number of hydrogen-bond acceptors (Lipinski definition) is 3. The zero-order valence-electron chi connectivity index (χ0n) is 10.9. The van der Waals surface area contributed by atoms with E-state index in [4.69, 9.17) is 10.8 Å². The molecule has 4 nitrogen and oxygen atoms in total. The van der Waals surface area contributed by atoms with Crippen molar-refractivity contribution in [3.63, 3.8) is 0 Å². The molecule has 0 aromatic heterocycles. The number of aliphatic hydroxyl groups excluding tert-OH is 1. The Morgan fingerprint density at radius 2 is 2.28 bits per heavy atom. The van der Waals surface area contributed by atoms with Gasteiger partial charge < -0.3 is 16.2 Å². The van der Waals surface area contributed by atoms with Crippen molar-refractivity contribution >= 4 is 11.6 Å². The van der Waals surface area contributed by atoms with Crippen LogP contribution in [0.15, 0.2) is 24.3 Å². The van der Waals surface area contributed by atoms with Gasteiger partial charge in [0.15, 0.2) is 0 Å². The smallest absolute Gasteiger partial charge is 0.224 e. The number of amides is 1. The Morgan fingerprint density at radius 3 is 2.94 bits per heavy atom. The maximum atomic E-state index is 11.7. The van der Waals surface area contributed by atoms with Gasteiger partial charge in [-0.25, -0.2) is 0 Å². The molecule has 1 aromatic carbocycles. The zero-order chi connectivity index (χ0) is 13.4. The van der Waals surface area contributed by atoms with Crippen LogP contribution in [0.3, 0.4) is 0 Å². The van der Waals surface area contributed by atoms with Crippen molar-refractivity contribution < 1.29 is 9.90 Å². The Hall–Kier alpha value is -1.39. The van der Waals surface area contributed by atoms with Crippen LogP contribution in [-0.2, 0) is 11.2 Å². The third kappa shape index (κ3) is 5.29. The van der Waals surface area contributed by atoms with Crippen LogP contribution in [0, 0.1) is 5.92 Å². The molecule has 0 saturated heterocycles. The fourth-order valence-corrected chi connectivity index (χ4v) is 1.70. The summed E-state index contributed by atoms with van der Waals surface area (Å²) in [6.07, 6.45) is 2.00. The van der Waals surface area contributed by atoms with Crippen LogP contribution in [0.1, 0.15) is 25.3 Å². The number of aryl methyl sites for hydroxylation is 1. The Bertz CT molecular complexity index is 380. The van der Waals surface area contributed by atoms with Crippen LogP contribution in [0.5, 0.6) is 0 Å². The first-order valence-electron chi connectivity index (χ1n) is 6.35. The van der Waals surface area contributed by atoms with E-state index < -0.39 is 0 Å². The molecule has 1 rings (SSSR count). The number of anilines is 1. The molecule has 100 valence electrons. The first-order valence-corrected chi connectivity index (χ1v) is 6.35. The number of rotatable bonds is 7. The van der Waals surface area contributed by atoms with Crippen molar-refractivity contribution in [2.24, 2.45) is 11.7 Å². The van der Waals surface area contributed by atoms with Gasteiger partial charge >= 0.3 is 0 Å². The minimum absolute atomic E-state index is 0.00717. The Balaban J connectivity index is 2.53. The molecule has 0 saturated carbocycles. The molecular formula is C14H22N2O2. The van der Waals surface area contributed by atoms with Crippen molar-refractivity contribution in [1.82, 2.24) is 0 Å². The summed E-state index contributed by atoms with van der Waals surface area (Å²) in [5, 5.41) is 11.7. The highest BCUT2D eigenvalue weighted by molar-refractivity contribution is 5.90. The molecule has 0 spiro atoms. The fourth-order valence-electron chi connectivity index (χ4n) is 1.70. The standard InChI is InChI=1S/C14H22N2O2/c1-11(10-15)8-14(18)16-13-6-2-4-12(9-13)5-3-7-17/h2,4,6,9,11,17H,3,5,7-8,10,15H2,1H3,(H,16,18). The van der Waals surface area contributed by atoms with Gasteiger partial charge in [0.25, 0.3) is 0 Å². The number of nitrogens with two attached hydrogens (primary N) is 1. The zero-order valence-corrected chi connectivity index (χ0v) is 10.9. The van der Waals surface area contributed by atoms with Crippen LogP contribution < -0.4 is 11.1 Å². The average molecular weight is 250 g/mol. The number of benzene rings is 1. The molecule has 4 heteroatoms. The van der Waals surface area contributed by atoms with Gasteiger partial charge in [-0.2, -0.15) is 0 Å². The molecule has 0 aliphatic rings. The second-order valence-corrected chi connectivity index (χ2v) is 4.62. The molecule has 0 fully saturated rings. The van der Waals surface area contributed by atoms with E-state index in [1.807, 2.05) is 31.2 Å². The van der Waals surface area contributed by atoms with E-state index in [0.29, 0.717) is 13.0 Å². The fraction of sp³-hybridized carbons (Fsp3) is 0.500. The molecule has 18 heavy (non-hydrogen) atoms. The first-order chi connectivity index (χ1) is 8.65. The van der Waals surface area contributed by atoms with Gasteiger partial charge in [-0.05, 0) is 43.0 Å². The van der Waals surface area contributed by atoms with E-state index in [2.05, 4.69) is 5.32 Å². The lowest BCUT2D eigenvalue weighted by Gasteiger charge is -2.10. The molecule has 1 unspecified atom stereocenters. The molecule has 0 bridgehead atoms. The van der Waals surface area contributed by atoms with Gasteiger partial charge in [0.2, 0.25) is 5.91 Å². The molecule has 1 amide bonds. The van der Waals surface area contributed by atoms with E-state index in [1.165, 1.54) is 0 Å². The van der Waals surface area contributed by atoms with E-state index >= 15 is 0 Å². The van der Waals surface area contributed by atoms with Crippen LogP contribution in [0.2, 0.25) is 0 Å². The van der Waals surface area contributed by atoms with Gasteiger partial charge in [-0.1, -0.05) is 19.1 Å². The second-order valence-electron chi connectivity index (χ2n) is 4.62. The summed E-state index contributed by atoms with van der Waals surface area (Å²) in [6.45, 7) is 2.66. The monoisotopic (exact) mass is 250 g/mol. The summed E-state index contributed by atoms with van der Waals surface area (Å²) in [7, 11) is 0. The SMILES string of the molecule is CC(CN)CC(=O)Nc1cccc(CCCO)c1. The third-order valence-electron chi connectivity index (χ3n) is 2.77. The normalized spacial score (nSPS) is 12.2. The first kappa shape index (κ1) is 14.7. The quantitative estimate of drug-likeness (QED) is 0.687. The van der Waals surface area contributed by atoms with Gasteiger partial charge in [-0.15, -0.1) is 0 Å². The van der Waals surface area contributed by atoms with Crippen LogP contribution in [-0.4, -0.2) is 24.2 Å². The number of carbonyl (C=O) groups excluding carboxylic acids is 1. The van der Waals surface area contributed by atoms with Crippen molar-refractivity contribution in [3.8, 4) is 0 Å². The van der Waals surface area contributed by atoms with E-state index in [9.17, 15) is 4.79 Å². The molecule has 4 N–H and O–H groups in total. The minimum Gasteiger partial charge on any atom is -0.396 e. The van der Waals surface area contributed by atoms with Gasteiger partial charge in [0, 0.05) is 18.7 Å². The number of hydrogen-bond donors (Lipinski definition) is 3. The number of aliphatic hydroxyl groups is 1. The van der Waals surface area contributed by atoms with Gasteiger partial charge in [0.05, 0.1) is 0 Å². The van der Waals surface area contributed by atoms with Crippen molar-refractivity contribution in [2.75, 3.05) is 18.5 Å². The largest absolute Gasteiger partial charge is 0.396 e. The lowest BCUT2D eigenvalue weighted by atomic mass is 10.1. The van der Waals surface area contributed by atoms with Gasteiger partial charge in [0.1, 0.15) is 0 Å². The van der Waals surface area contributed by atoms with E-state index in [1.54, 1.807) is 0 Å². The van der Waals surface area contributed by atoms with Crippen LogP contribution in [0.25, 0.3) is 0 Å². The van der Waals surface area contributed by atoms with Crippen LogP contribution >= 0.6 is 0 Å². The topological polar surface area (TPSA) is 75.4 Å². The molecule has 0 radical (unpaired) electrons. The number of nitrogens with one attached hydrogen (secondary N) is 1. The minimum atomic E-state index is -0.00717. The van der Waals surface area contributed by atoms with Crippen molar-refractivity contribution in [1.29, 1.82) is 0 Å². The summed E-state index contributed by atoms with van der Waals surface area (Å²) in [5.41, 5.74) is 7.41. The molecule has 0 aliphatic carbocycles. The molecule has 0 aliphatic heterocycles. The predicted molar refractivity (Wildman–Crippen MR) is 73.3 cm³/mol. The summed E-state index contributed by atoms with van der Waals surface area (Å²) in [5.74, 6) is 0.190. The predicted octanol–water partition coefficient (Wildman–Crippen LogP) is 1.53. The Morgan fingerprint density at radius 1 is 1.50 bits per heavy atom. The maximum Gasteiger partial charge on any atom is 0.224 e. The summed E-state index contributed by atoms with van der Waals surface area (Å²) in [4.78, 5) is 11.7. The lowest BCUT2D eigenvalue weighted by molar-refractivity contribution is -0.116. The summed E-state index contributed by atoms with van der Waals surface area (Å²) < 4.78 is 0.